The van der Waals surface area contributed by atoms with Crippen molar-refractivity contribution < 1.29 is 23.5 Å². The average Bonchev–Trinajstić information content (AvgIpc) is 2.45. The molecule has 21 heavy (non-hydrogen) atoms. The van der Waals surface area contributed by atoms with Crippen molar-refractivity contribution in [2.75, 3.05) is 13.2 Å². The standard InChI is InChI=1S/C14H26NO5P/c1-6-13(7-2,12(16)17)14(8-3,11-15)21(18,19-9-4)20-10-5/h6-10H2,1-5H3,(H,16,17). The van der Waals surface area contributed by atoms with Crippen molar-refractivity contribution in [3.8, 4) is 6.07 Å². The van der Waals surface area contributed by atoms with Gasteiger partial charge in [-0.3, -0.25) is 9.36 Å². The number of nitriles is 1. The van der Waals surface area contributed by atoms with E-state index < -0.39 is 24.1 Å². The third-order valence-electron chi connectivity index (χ3n) is 4.17. The van der Waals surface area contributed by atoms with Crippen molar-refractivity contribution in [3.63, 3.8) is 0 Å². The Kier molecular flexibility index (Phi) is 7.60. The quantitative estimate of drug-likeness (QED) is 0.615. The number of carboxylic acid groups (broad SMARTS) is 1. The molecule has 0 bridgehead atoms. The topological polar surface area (TPSA) is 96.6 Å². The fourth-order valence-corrected chi connectivity index (χ4v) is 5.59. The van der Waals surface area contributed by atoms with E-state index in [0.717, 1.165) is 0 Å². The fourth-order valence-electron chi connectivity index (χ4n) is 2.95. The van der Waals surface area contributed by atoms with E-state index in [2.05, 4.69) is 0 Å². The van der Waals surface area contributed by atoms with E-state index >= 15 is 0 Å². The highest BCUT2D eigenvalue weighted by Gasteiger charge is 2.66. The van der Waals surface area contributed by atoms with Crippen LogP contribution in [-0.2, 0) is 18.4 Å². The summed E-state index contributed by atoms with van der Waals surface area (Å²) in [5.74, 6) is -1.14. The minimum Gasteiger partial charge on any atom is -0.481 e. The number of hydrogen-bond donors (Lipinski definition) is 1. The Hall–Kier alpha value is -0.890. The van der Waals surface area contributed by atoms with Crippen LogP contribution in [0.4, 0.5) is 0 Å². The predicted octanol–water partition coefficient (Wildman–Crippen LogP) is 3.82. The second kappa shape index (κ2) is 7.93. The molecule has 0 amide bonds. The van der Waals surface area contributed by atoms with Gasteiger partial charge < -0.3 is 14.2 Å². The molecule has 0 aliphatic heterocycles. The van der Waals surface area contributed by atoms with Crippen LogP contribution < -0.4 is 0 Å². The Morgan fingerprint density at radius 1 is 1.10 bits per heavy atom. The first-order valence-electron chi connectivity index (χ1n) is 7.35. The SMILES string of the molecule is CCOP(=O)(OCC)C(C#N)(CC)C(CC)(CC)C(=O)O. The van der Waals surface area contributed by atoms with Crippen LogP contribution in [0, 0.1) is 16.7 Å². The van der Waals surface area contributed by atoms with Gasteiger partial charge in [0.25, 0.3) is 0 Å². The van der Waals surface area contributed by atoms with Crippen molar-refractivity contribution >= 4 is 13.6 Å². The second-order valence-corrected chi connectivity index (χ2v) is 7.03. The van der Waals surface area contributed by atoms with Crippen LogP contribution in [0.15, 0.2) is 0 Å². The number of carboxylic acids is 1. The van der Waals surface area contributed by atoms with Crippen LogP contribution in [0.3, 0.4) is 0 Å². The van der Waals surface area contributed by atoms with Crippen LogP contribution in [0.5, 0.6) is 0 Å². The number of carbonyl (C=O) groups is 1. The average molecular weight is 319 g/mol. The number of hydrogen-bond acceptors (Lipinski definition) is 5. The zero-order valence-corrected chi connectivity index (χ0v) is 14.4. The van der Waals surface area contributed by atoms with Gasteiger partial charge in [-0.15, -0.1) is 0 Å². The maximum Gasteiger partial charge on any atom is 0.351 e. The van der Waals surface area contributed by atoms with Gasteiger partial charge in [0.2, 0.25) is 0 Å². The summed E-state index contributed by atoms with van der Waals surface area (Å²) in [6.45, 7) is 8.47. The summed E-state index contributed by atoms with van der Waals surface area (Å²) >= 11 is 0. The Morgan fingerprint density at radius 2 is 1.52 bits per heavy atom. The molecule has 0 saturated heterocycles. The van der Waals surface area contributed by atoms with Crippen LogP contribution >= 0.6 is 7.60 Å². The zero-order chi connectivity index (χ0) is 16.7. The van der Waals surface area contributed by atoms with Crippen LogP contribution in [0.25, 0.3) is 0 Å². The minimum atomic E-state index is -3.91. The largest absolute Gasteiger partial charge is 0.481 e. The van der Waals surface area contributed by atoms with Gasteiger partial charge in [0.15, 0.2) is 5.16 Å². The lowest BCUT2D eigenvalue weighted by Crippen LogP contribution is -2.52. The monoisotopic (exact) mass is 319 g/mol. The fraction of sp³-hybridized carbons (Fsp3) is 0.857. The number of rotatable bonds is 10. The van der Waals surface area contributed by atoms with Crippen molar-refractivity contribution in [2.24, 2.45) is 5.41 Å². The Bertz CT molecular complexity index is 431. The Morgan fingerprint density at radius 3 is 1.71 bits per heavy atom. The summed E-state index contributed by atoms with van der Waals surface area (Å²) in [6.07, 6.45) is 0.420. The van der Waals surface area contributed by atoms with E-state index in [9.17, 15) is 19.7 Å². The summed E-state index contributed by atoms with van der Waals surface area (Å²) < 4.78 is 23.9. The molecule has 0 aromatic carbocycles. The lowest BCUT2D eigenvalue weighted by Gasteiger charge is -2.44. The second-order valence-electron chi connectivity index (χ2n) is 4.75. The van der Waals surface area contributed by atoms with Gasteiger partial charge in [-0.25, -0.2) is 0 Å². The van der Waals surface area contributed by atoms with E-state index in [1.54, 1.807) is 34.6 Å². The van der Waals surface area contributed by atoms with Crippen LogP contribution in [0.2, 0.25) is 0 Å². The third-order valence-corrected chi connectivity index (χ3v) is 7.15. The highest BCUT2D eigenvalue weighted by Crippen LogP contribution is 2.69. The molecule has 1 N–H and O–H groups in total. The van der Waals surface area contributed by atoms with Gasteiger partial charge >= 0.3 is 13.6 Å². The molecule has 0 heterocycles. The first kappa shape index (κ1) is 20.1. The third kappa shape index (κ3) is 3.01. The van der Waals surface area contributed by atoms with E-state index in [0.29, 0.717) is 0 Å². The molecular formula is C14H26NO5P. The van der Waals surface area contributed by atoms with Crippen molar-refractivity contribution in [3.05, 3.63) is 0 Å². The van der Waals surface area contributed by atoms with Gasteiger partial charge in [-0.05, 0) is 33.1 Å². The van der Waals surface area contributed by atoms with Gasteiger partial charge in [-0.1, -0.05) is 20.8 Å². The highest BCUT2D eigenvalue weighted by molar-refractivity contribution is 7.56. The molecular weight excluding hydrogens is 293 g/mol. The molecule has 0 radical (unpaired) electrons. The molecule has 1 atom stereocenters. The maximum atomic E-state index is 13.2. The lowest BCUT2D eigenvalue weighted by molar-refractivity contribution is -0.151. The number of aliphatic carboxylic acids is 1. The zero-order valence-electron chi connectivity index (χ0n) is 13.5. The molecule has 6 nitrogen and oxygen atoms in total. The Labute approximate surface area is 127 Å². The van der Waals surface area contributed by atoms with Crippen molar-refractivity contribution in [2.45, 2.75) is 59.0 Å². The molecule has 0 rings (SSSR count). The van der Waals surface area contributed by atoms with E-state index in [4.69, 9.17) is 9.05 Å². The molecule has 0 aliphatic carbocycles. The van der Waals surface area contributed by atoms with Crippen molar-refractivity contribution in [1.29, 1.82) is 5.26 Å². The van der Waals surface area contributed by atoms with Crippen molar-refractivity contribution in [1.82, 2.24) is 0 Å². The summed E-state index contributed by atoms with van der Waals surface area (Å²) in [6, 6.07) is 2.01. The van der Waals surface area contributed by atoms with Crippen LogP contribution in [-0.4, -0.2) is 29.4 Å². The van der Waals surface area contributed by atoms with E-state index in [1.165, 1.54) is 0 Å². The summed E-state index contributed by atoms with van der Waals surface area (Å²) in [7, 11) is -3.91. The normalized spacial score (nSPS) is 15.2. The predicted molar refractivity (Wildman–Crippen MR) is 80.1 cm³/mol. The molecule has 0 aliphatic rings. The van der Waals surface area contributed by atoms with E-state index in [-0.39, 0.29) is 32.5 Å². The van der Waals surface area contributed by atoms with Gasteiger partial charge in [-0.2, -0.15) is 5.26 Å². The summed E-state index contributed by atoms with van der Waals surface area (Å²) in [5, 5.41) is 17.8. The molecule has 0 fully saturated rings. The maximum absolute atomic E-state index is 13.2. The molecule has 1 unspecified atom stereocenters. The minimum absolute atomic E-state index is 0.0781. The molecule has 122 valence electrons. The molecule has 0 spiro atoms. The van der Waals surface area contributed by atoms with Gasteiger partial charge in [0.05, 0.1) is 24.7 Å². The van der Waals surface area contributed by atoms with Gasteiger partial charge in [0, 0.05) is 0 Å². The van der Waals surface area contributed by atoms with Gasteiger partial charge in [0.1, 0.15) is 0 Å². The first-order chi connectivity index (χ1) is 9.81. The lowest BCUT2D eigenvalue weighted by atomic mass is 9.70. The summed E-state index contributed by atoms with van der Waals surface area (Å²) in [5.41, 5.74) is -1.48. The first-order valence-corrected chi connectivity index (χ1v) is 8.89. The molecule has 7 heteroatoms. The molecule has 0 aromatic rings. The van der Waals surface area contributed by atoms with Crippen LogP contribution in [0.1, 0.15) is 53.9 Å². The Balaban J connectivity index is 6.44. The summed E-state index contributed by atoms with van der Waals surface area (Å²) in [4.78, 5) is 11.9. The molecule has 0 aromatic heterocycles. The number of nitrogens with zero attached hydrogens (tertiary/aromatic N) is 1. The van der Waals surface area contributed by atoms with E-state index in [1.807, 2.05) is 6.07 Å². The molecule has 0 saturated carbocycles. The smallest absolute Gasteiger partial charge is 0.351 e. The highest BCUT2D eigenvalue weighted by atomic mass is 31.2.